The zero-order valence-corrected chi connectivity index (χ0v) is 10.1. The molecule has 0 aliphatic rings. The fourth-order valence-corrected chi connectivity index (χ4v) is 1.58. The highest BCUT2D eigenvalue weighted by Gasteiger charge is 2.06. The summed E-state index contributed by atoms with van der Waals surface area (Å²) in [7, 11) is 0. The van der Waals surface area contributed by atoms with Gasteiger partial charge in [-0.25, -0.2) is 4.79 Å². The quantitative estimate of drug-likeness (QED) is 0.864. The molecule has 1 aromatic carbocycles. The summed E-state index contributed by atoms with van der Waals surface area (Å²) in [4.78, 5) is 31.1. The number of nitrogens with zero attached hydrogens (tertiary/aromatic N) is 1. The fraction of sp³-hybridized carbons (Fsp3) is 0.231. The van der Waals surface area contributed by atoms with Gasteiger partial charge in [-0.15, -0.1) is 0 Å². The van der Waals surface area contributed by atoms with Crippen LogP contribution in [0.3, 0.4) is 0 Å². The number of rotatable bonds is 4. The summed E-state index contributed by atoms with van der Waals surface area (Å²) in [5.74, 6) is 0. The van der Waals surface area contributed by atoms with Crippen LogP contribution in [-0.4, -0.2) is 9.71 Å². The molecule has 0 unspecified atom stereocenters. The standard InChI is InChI=1S/C13H14N2O3/c1-2-11-8-14-13(17)15(12(11)16)18-9-10-6-4-3-5-7-10/h3-8H,2,9H2,1H3,(H,14,17). The molecule has 0 amide bonds. The highest BCUT2D eigenvalue weighted by atomic mass is 16.7. The Morgan fingerprint density at radius 2 is 1.94 bits per heavy atom. The number of hydrogen-bond donors (Lipinski definition) is 1. The zero-order chi connectivity index (χ0) is 13.0. The lowest BCUT2D eigenvalue weighted by Crippen LogP contribution is -2.40. The van der Waals surface area contributed by atoms with Gasteiger partial charge >= 0.3 is 5.69 Å². The predicted octanol–water partition coefficient (Wildman–Crippen LogP) is 0.728. The van der Waals surface area contributed by atoms with E-state index in [1.54, 1.807) is 0 Å². The molecule has 5 nitrogen and oxygen atoms in total. The second-order valence-electron chi connectivity index (χ2n) is 3.83. The van der Waals surface area contributed by atoms with E-state index in [0.717, 1.165) is 10.3 Å². The molecule has 94 valence electrons. The number of benzene rings is 1. The molecule has 1 N–H and O–H groups in total. The Labute approximate surface area is 104 Å². The van der Waals surface area contributed by atoms with Crippen molar-refractivity contribution in [2.24, 2.45) is 0 Å². The van der Waals surface area contributed by atoms with E-state index >= 15 is 0 Å². The van der Waals surface area contributed by atoms with Crippen LogP contribution in [0.2, 0.25) is 0 Å². The summed E-state index contributed by atoms with van der Waals surface area (Å²) in [5, 5.41) is 0. The van der Waals surface area contributed by atoms with Crippen LogP contribution in [0.4, 0.5) is 0 Å². The molecule has 0 spiro atoms. The average Bonchev–Trinajstić information content (AvgIpc) is 2.40. The molecule has 2 rings (SSSR count). The van der Waals surface area contributed by atoms with Gasteiger partial charge in [-0.05, 0) is 12.0 Å². The smallest absolute Gasteiger partial charge is 0.362 e. The molecule has 2 aromatic rings. The van der Waals surface area contributed by atoms with Gasteiger partial charge in [0.05, 0.1) is 0 Å². The number of aryl methyl sites for hydroxylation is 1. The molecule has 1 aromatic heterocycles. The third kappa shape index (κ3) is 2.51. The number of aromatic amines is 1. The molecule has 0 radical (unpaired) electrons. The Bertz CT molecular complexity index is 629. The lowest BCUT2D eigenvalue weighted by atomic mass is 10.2. The molecule has 0 aliphatic carbocycles. The molecular weight excluding hydrogens is 232 g/mol. The number of H-pyrrole nitrogens is 1. The molecule has 0 aliphatic heterocycles. The van der Waals surface area contributed by atoms with Crippen molar-refractivity contribution in [3.63, 3.8) is 0 Å². The predicted molar refractivity (Wildman–Crippen MR) is 67.4 cm³/mol. The van der Waals surface area contributed by atoms with Crippen molar-refractivity contribution in [3.05, 3.63) is 68.5 Å². The van der Waals surface area contributed by atoms with Gasteiger partial charge in [0.15, 0.2) is 0 Å². The third-order valence-corrected chi connectivity index (χ3v) is 2.60. The van der Waals surface area contributed by atoms with Crippen LogP contribution in [0.5, 0.6) is 0 Å². The van der Waals surface area contributed by atoms with Crippen molar-refractivity contribution in [1.82, 2.24) is 9.71 Å². The van der Waals surface area contributed by atoms with Crippen LogP contribution in [-0.2, 0) is 13.0 Å². The average molecular weight is 246 g/mol. The van der Waals surface area contributed by atoms with Gasteiger partial charge in [0.1, 0.15) is 6.61 Å². The Kier molecular flexibility index (Phi) is 3.62. The van der Waals surface area contributed by atoms with Crippen molar-refractivity contribution in [2.75, 3.05) is 0 Å². The van der Waals surface area contributed by atoms with E-state index in [9.17, 15) is 9.59 Å². The molecule has 0 atom stereocenters. The summed E-state index contributed by atoms with van der Waals surface area (Å²) in [5.41, 5.74) is 0.443. The van der Waals surface area contributed by atoms with Crippen LogP contribution in [0.15, 0.2) is 46.1 Å². The molecule has 0 saturated heterocycles. The highest BCUT2D eigenvalue weighted by Crippen LogP contribution is 1.97. The van der Waals surface area contributed by atoms with Gasteiger partial charge in [-0.2, -0.15) is 0 Å². The maximum atomic E-state index is 11.9. The van der Waals surface area contributed by atoms with Crippen molar-refractivity contribution >= 4 is 0 Å². The topological polar surface area (TPSA) is 64.1 Å². The van der Waals surface area contributed by atoms with Gasteiger partial charge in [0.25, 0.3) is 5.56 Å². The second kappa shape index (κ2) is 5.35. The summed E-state index contributed by atoms with van der Waals surface area (Å²) in [6.07, 6.45) is 1.97. The van der Waals surface area contributed by atoms with E-state index in [1.807, 2.05) is 37.3 Å². The number of aromatic nitrogens is 2. The van der Waals surface area contributed by atoms with Gasteiger partial charge in [-0.1, -0.05) is 42.0 Å². The first kappa shape index (κ1) is 12.2. The van der Waals surface area contributed by atoms with Crippen molar-refractivity contribution in [2.45, 2.75) is 20.0 Å². The highest BCUT2D eigenvalue weighted by molar-refractivity contribution is 5.13. The molecule has 0 fully saturated rings. The minimum atomic E-state index is -0.562. The number of hydrogen-bond acceptors (Lipinski definition) is 3. The molecule has 5 heteroatoms. The molecule has 18 heavy (non-hydrogen) atoms. The summed E-state index contributed by atoms with van der Waals surface area (Å²) < 4.78 is 0.770. The van der Waals surface area contributed by atoms with Crippen molar-refractivity contribution in [1.29, 1.82) is 0 Å². The summed E-state index contributed by atoms with van der Waals surface area (Å²) >= 11 is 0. The van der Waals surface area contributed by atoms with E-state index in [0.29, 0.717) is 12.0 Å². The first-order chi connectivity index (χ1) is 8.72. The summed E-state index contributed by atoms with van der Waals surface area (Å²) in [6, 6.07) is 9.36. The Morgan fingerprint density at radius 1 is 1.22 bits per heavy atom. The normalized spacial score (nSPS) is 10.3. The SMILES string of the molecule is CCc1c[nH]c(=O)n(OCc2ccccc2)c1=O. The lowest BCUT2D eigenvalue weighted by Gasteiger charge is -2.07. The largest absolute Gasteiger partial charge is 0.401 e. The monoisotopic (exact) mass is 246 g/mol. The minimum Gasteiger partial charge on any atom is -0.401 e. The van der Waals surface area contributed by atoms with Crippen LogP contribution in [0.25, 0.3) is 0 Å². The van der Waals surface area contributed by atoms with Crippen LogP contribution >= 0.6 is 0 Å². The van der Waals surface area contributed by atoms with E-state index in [1.165, 1.54) is 6.20 Å². The second-order valence-corrected chi connectivity index (χ2v) is 3.83. The maximum Gasteiger partial charge on any atom is 0.362 e. The molecule has 1 heterocycles. The maximum absolute atomic E-state index is 11.9. The van der Waals surface area contributed by atoms with Gasteiger partial charge in [0, 0.05) is 11.8 Å². The molecular formula is C13H14N2O3. The van der Waals surface area contributed by atoms with Crippen LogP contribution < -0.4 is 16.1 Å². The van der Waals surface area contributed by atoms with E-state index in [-0.39, 0.29) is 6.61 Å². The fourth-order valence-electron chi connectivity index (χ4n) is 1.58. The number of nitrogens with one attached hydrogen (secondary N) is 1. The van der Waals surface area contributed by atoms with Gasteiger partial charge < -0.3 is 9.82 Å². The third-order valence-electron chi connectivity index (χ3n) is 2.60. The minimum absolute atomic E-state index is 0.178. The Hall–Kier alpha value is -2.30. The van der Waals surface area contributed by atoms with Gasteiger partial charge in [-0.3, -0.25) is 4.79 Å². The van der Waals surface area contributed by atoms with E-state index in [4.69, 9.17) is 4.84 Å². The Balaban J connectivity index is 2.25. The summed E-state index contributed by atoms with van der Waals surface area (Å²) in [6.45, 7) is 2.02. The Morgan fingerprint density at radius 3 is 2.61 bits per heavy atom. The molecule has 0 saturated carbocycles. The van der Waals surface area contributed by atoms with Crippen molar-refractivity contribution < 1.29 is 4.84 Å². The van der Waals surface area contributed by atoms with Crippen molar-refractivity contribution in [3.8, 4) is 0 Å². The molecule has 0 bridgehead atoms. The van der Waals surface area contributed by atoms with E-state index in [2.05, 4.69) is 4.98 Å². The lowest BCUT2D eigenvalue weighted by molar-refractivity contribution is 0.0782. The van der Waals surface area contributed by atoms with Crippen LogP contribution in [0.1, 0.15) is 18.1 Å². The first-order valence-corrected chi connectivity index (χ1v) is 5.73. The first-order valence-electron chi connectivity index (χ1n) is 5.73. The zero-order valence-electron chi connectivity index (χ0n) is 10.1. The van der Waals surface area contributed by atoms with Crippen LogP contribution in [0, 0.1) is 0 Å². The van der Waals surface area contributed by atoms with E-state index < -0.39 is 11.2 Å². The van der Waals surface area contributed by atoms with Gasteiger partial charge in [0.2, 0.25) is 0 Å².